The molecule has 20 heavy (non-hydrogen) atoms. The molecule has 0 bridgehead atoms. The van der Waals surface area contributed by atoms with E-state index in [-0.39, 0.29) is 30.0 Å². The first-order chi connectivity index (χ1) is 9.53. The Kier molecular flexibility index (Phi) is 3.25. The minimum atomic E-state index is -2.96. The van der Waals surface area contributed by atoms with Gasteiger partial charge in [-0.2, -0.15) is 0 Å². The summed E-state index contributed by atoms with van der Waals surface area (Å²) >= 11 is 0. The Bertz CT molecular complexity index is 749. The minimum absolute atomic E-state index is 0.0607. The van der Waals surface area contributed by atoms with Crippen molar-refractivity contribution in [1.82, 2.24) is 9.88 Å². The maximum Gasteiger partial charge on any atom is 0.240 e. The molecule has 1 saturated heterocycles. The zero-order chi connectivity index (χ0) is 14.2. The molecule has 1 aliphatic rings. The number of carbonyl (C=O) groups excluding carboxylic acids is 1. The second-order valence-corrected chi connectivity index (χ2v) is 7.40. The van der Waals surface area contributed by atoms with Gasteiger partial charge in [0.25, 0.3) is 0 Å². The minimum Gasteiger partial charge on any atom is -0.351 e. The second kappa shape index (κ2) is 4.94. The summed E-state index contributed by atoms with van der Waals surface area (Å²) in [5.41, 5.74) is 1.00. The summed E-state index contributed by atoms with van der Waals surface area (Å²) in [7, 11) is -2.96. The molecule has 0 unspecified atom stereocenters. The molecule has 1 fully saturated rings. The van der Waals surface area contributed by atoms with E-state index in [1.807, 2.05) is 41.1 Å². The summed E-state index contributed by atoms with van der Waals surface area (Å²) in [5, 5.41) is 3.89. The van der Waals surface area contributed by atoms with Crippen molar-refractivity contribution in [1.29, 1.82) is 0 Å². The molecule has 1 N–H and O–H groups in total. The fraction of sp³-hybridized carbons (Fsp3) is 0.357. The highest BCUT2D eigenvalue weighted by molar-refractivity contribution is 7.91. The van der Waals surface area contributed by atoms with Gasteiger partial charge in [0.15, 0.2) is 9.84 Å². The SMILES string of the molecule is O=C(Cn1ccc2ccccc21)N[C@H]1CCS(=O)(=O)C1. The van der Waals surface area contributed by atoms with Crippen molar-refractivity contribution in [2.24, 2.45) is 0 Å². The number of benzene rings is 1. The molecule has 6 heteroatoms. The number of aromatic nitrogens is 1. The van der Waals surface area contributed by atoms with E-state index in [2.05, 4.69) is 5.32 Å². The largest absolute Gasteiger partial charge is 0.351 e. The molecule has 0 radical (unpaired) electrons. The Morgan fingerprint density at radius 3 is 2.85 bits per heavy atom. The molecular formula is C14H16N2O3S. The van der Waals surface area contributed by atoms with Gasteiger partial charge in [0, 0.05) is 17.8 Å². The van der Waals surface area contributed by atoms with Gasteiger partial charge < -0.3 is 9.88 Å². The molecule has 0 aliphatic carbocycles. The molecule has 1 aliphatic heterocycles. The van der Waals surface area contributed by atoms with Gasteiger partial charge in [-0.3, -0.25) is 4.79 Å². The van der Waals surface area contributed by atoms with E-state index >= 15 is 0 Å². The number of nitrogens with one attached hydrogen (secondary N) is 1. The van der Waals surface area contributed by atoms with Crippen LogP contribution >= 0.6 is 0 Å². The topological polar surface area (TPSA) is 68.2 Å². The lowest BCUT2D eigenvalue weighted by atomic mass is 10.2. The van der Waals surface area contributed by atoms with Crippen LogP contribution in [0.15, 0.2) is 36.5 Å². The standard InChI is InChI=1S/C14H16N2O3S/c17-14(15-12-6-8-20(18,19)10-12)9-16-7-5-11-3-1-2-4-13(11)16/h1-5,7,12H,6,8-10H2,(H,15,17)/t12-/m0/s1. The quantitative estimate of drug-likeness (QED) is 0.915. The van der Waals surface area contributed by atoms with Crippen molar-refractivity contribution < 1.29 is 13.2 Å². The van der Waals surface area contributed by atoms with E-state index in [1.54, 1.807) is 0 Å². The monoisotopic (exact) mass is 292 g/mol. The van der Waals surface area contributed by atoms with Crippen LogP contribution in [0.1, 0.15) is 6.42 Å². The Balaban J connectivity index is 1.67. The maximum atomic E-state index is 12.0. The van der Waals surface area contributed by atoms with Crippen LogP contribution in [0.2, 0.25) is 0 Å². The van der Waals surface area contributed by atoms with Crippen molar-refractivity contribution in [2.45, 2.75) is 19.0 Å². The normalized spacial score (nSPS) is 21.1. The van der Waals surface area contributed by atoms with Gasteiger partial charge in [0.2, 0.25) is 5.91 Å². The van der Waals surface area contributed by atoms with Gasteiger partial charge in [0.1, 0.15) is 6.54 Å². The van der Waals surface area contributed by atoms with E-state index in [1.165, 1.54) is 0 Å². The molecule has 0 spiro atoms. The Labute approximate surface area is 117 Å². The molecule has 1 amide bonds. The number of rotatable bonds is 3. The highest BCUT2D eigenvalue weighted by atomic mass is 32.2. The fourth-order valence-corrected chi connectivity index (χ4v) is 4.29. The number of para-hydroxylation sites is 1. The van der Waals surface area contributed by atoms with Gasteiger partial charge in [-0.1, -0.05) is 18.2 Å². The van der Waals surface area contributed by atoms with Crippen LogP contribution in [0.3, 0.4) is 0 Å². The van der Waals surface area contributed by atoms with E-state index in [9.17, 15) is 13.2 Å². The van der Waals surface area contributed by atoms with Crippen LogP contribution in [0.5, 0.6) is 0 Å². The third-order valence-electron chi connectivity index (χ3n) is 3.59. The van der Waals surface area contributed by atoms with Crippen LogP contribution in [-0.2, 0) is 21.2 Å². The van der Waals surface area contributed by atoms with Gasteiger partial charge in [-0.15, -0.1) is 0 Å². The van der Waals surface area contributed by atoms with E-state index in [4.69, 9.17) is 0 Å². The second-order valence-electron chi connectivity index (χ2n) is 5.17. The summed E-state index contributed by atoms with van der Waals surface area (Å²) in [6.07, 6.45) is 2.39. The van der Waals surface area contributed by atoms with Crippen molar-refractivity contribution in [3.05, 3.63) is 36.5 Å². The molecule has 1 atom stereocenters. The van der Waals surface area contributed by atoms with Crippen LogP contribution < -0.4 is 5.32 Å². The predicted octanol–water partition coefficient (Wildman–Crippen LogP) is 0.945. The number of hydrogen-bond acceptors (Lipinski definition) is 3. The van der Waals surface area contributed by atoms with Crippen molar-refractivity contribution in [3.8, 4) is 0 Å². The number of hydrogen-bond donors (Lipinski definition) is 1. The molecule has 5 nitrogen and oxygen atoms in total. The summed E-state index contributed by atoms with van der Waals surface area (Å²) < 4.78 is 24.6. The lowest BCUT2D eigenvalue weighted by Gasteiger charge is -2.11. The van der Waals surface area contributed by atoms with Crippen LogP contribution in [0.25, 0.3) is 10.9 Å². The van der Waals surface area contributed by atoms with Crippen LogP contribution in [0, 0.1) is 0 Å². The number of sulfone groups is 1. The van der Waals surface area contributed by atoms with Gasteiger partial charge in [0.05, 0.1) is 11.5 Å². The Morgan fingerprint density at radius 2 is 2.10 bits per heavy atom. The number of fused-ring (bicyclic) bond motifs is 1. The first kappa shape index (κ1) is 13.2. The van der Waals surface area contributed by atoms with Gasteiger partial charge in [-0.25, -0.2) is 8.42 Å². The predicted molar refractivity (Wildman–Crippen MR) is 77.1 cm³/mol. The fourth-order valence-electron chi connectivity index (χ4n) is 2.62. The summed E-state index contributed by atoms with van der Waals surface area (Å²) in [6, 6.07) is 9.56. The summed E-state index contributed by atoms with van der Waals surface area (Å²) in [6.45, 7) is 0.212. The molecule has 1 aromatic heterocycles. The van der Waals surface area contributed by atoms with Crippen molar-refractivity contribution in [3.63, 3.8) is 0 Å². The van der Waals surface area contributed by atoms with Crippen LogP contribution in [0.4, 0.5) is 0 Å². The van der Waals surface area contributed by atoms with Crippen molar-refractivity contribution >= 4 is 26.6 Å². The average molecular weight is 292 g/mol. The van der Waals surface area contributed by atoms with E-state index in [0.717, 1.165) is 10.9 Å². The maximum absolute atomic E-state index is 12.0. The molecule has 2 heterocycles. The number of amides is 1. The van der Waals surface area contributed by atoms with Crippen molar-refractivity contribution in [2.75, 3.05) is 11.5 Å². The van der Waals surface area contributed by atoms with Gasteiger partial charge in [-0.05, 0) is 23.9 Å². The molecule has 0 saturated carbocycles. The number of nitrogens with zero attached hydrogens (tertiary/aromatic N) is 1. The van der Waals surface area contributed by atoms with Crippen LogP contribution in [-0.4, -0.2) is 36.4 Å². The zero-order valence-corrected chi connectivity index (χ0v) is 11.8. The molecule has 2 aromatic rings. The highest BCUT2D eigenvalue weighted by Gasteiger charge is 2.28. The van der Waals surface area contributed by atoms with E-state index in [0.29, 0.717) is 6.42 Å². The van der Waals surface area contributed by atoms with Gasteiger partial charge >= 0.3 is 0 Å². The third-order valence-corrected chi connectivity index (χ3v) is 5.36. The Morgan fingerprint density at radius 1 is 1.30 bits per heavy atom. The summed E-state index contributed by atoms with van der Waals surface area (Å²) in [4.78, 5) is 12.0. The Hall–Kier alpha value is -1.82. The number of carbonyl (C=O) groups is 1. The third kappa shape index (κ3) is 2.70. The first-order valence-corrected chi connectivity index (χ1v) is 8.39. The lowest BCUT2D eigenvalue weighted by molar-refractivity contribution is -0.122. The average Bonchev–Trinajstić information content (AvgIpc) is 2.94. The molecule has 3 rings (SSSR count). The molecule has 106 valence electrons. The first-order valence-electron chi connectivity index (χ1n) is 6.57. The molecular weight excluding hydrogens is 276 g/mol. The smallest absolute Gasteiger partial charge is 0.240 e. The highest BCUT2D eigenvalue weighted by Crippen LogP contribution is 2.15. The van der Waals surface area contributed by atoms with E-state index < -0.39 is 9.84 Å². The summed E-state index contributed by atoms with van der Waals surface area (Å²) in [5.74, 6) is 0.0868. The zero-order valence-electron chi connectivity index (χ0n) is 11.0. The molecule has 1 aromatic carbocycles. The lowest BCUT2D eigenvalue weighted by Crippen LogP contribution is -2.37.